The van der Waals surface area contributed by atoms with Crippen molar-refractivity contribution in [2.45, 2.75) is 25.9 Å². The highest BCUT2D eigenvalue weighted by molar-refractivity contribution is 6.03. The van der Waals surface area contributed by atoms with Crippen LogP contribution in [0.1, 0.15) is 19.8 Å². The highest BCUT2D eigenvalue weighted by Crippen LogP contribution is 2.30. The molecule has 0 spiro atoms. The van der Waals surface area contributed by atoms with Crippen molar-refractivity contribution in [2.24, 2.45) is 5.92 Å². The van der Waals surface area contributed by atoms with Crippen LogP contribution in [0.3, 0.4) is 0 Å². The lowest BCUT2D eigenvalue weighted by Crippen LogP contribution is -2.30. The number of esters is 1. The van der Waals surface area contributed by atoms with Crippen LogP contribution >= 0.6 is 0 Å². The molecule has 1 atom stereocenters. The summed E-state index contributed by atoms with van der Waals surface area (Å²) in [6.07, 6.45) is 0.963. The fourth-order valence-corrected chi connectivity index (χ4v) is 2.21. The number of nitrogens with one attached hydrogen (secondary N) is 1. The van der Waals surface area contributed by atoms with Gasteiger partial charge in [0.15, 0.2) is 6.10 Å². The predicted octanol–water partition coefficient (Wildman–Crippen LogP) is 3.12. The summed E-state index contributed by atoms with van der Waals surface area (Å²) in [5.74, 6) is -0.575. The lowest BCUT2D eigenvalue weighted by atomic mass is 10.1. The molecule has 4 heteroatoms. The summed E-state index contributed by atoms with van der Waals surface area (Å²) in [6, 6.07) is 13.5. The molecule has 1 fully saturated rings. The molecule has 1 saturated carbocycles. The molecule has 2 aromatic carbocycles. The van der Waals surface area contributed by atoms with E-state index in [1.54, 1.807) is 6.92 Å². The van der Waals surface area contributed by atoms with E-state index >= 15 is 0 Å². The Hall–Kier alpha value is -2.36. The first-order chi connectivity index (χ1) is 10.1. The topological polar surface area (TPSA) is 55.4 Å². The van der Waals surface area contributed by atoms with Gasteiger partial charge in [-0.1, -0.05) is 36.4 Å². The molecule has 108 valence electrons. The molecule has 0 saturated heterocycles. The molecule has 1 aliphatic carbocycles. The molecule has 1 amide bonds. The molecule has 1 aliphatic rings. The van der Waals surface area contributed by atoms with E-state index in [9.17, 15) is 9.59 Å². The van der Waals surface area contributed by atoms with E-state index in [2.05, 4.69) is 5.32 Å². The van der Waals surface area contributed by atoms with Crippen LogP contribution in [0.15, 0.2) is 42.5 Å². The minimum absolute atomic E-state index is 0.00203. The lowest BCUT2D eigenvalue weighted by Gasteiger charge is -2.14. The molecular weight excluding hydrogens is 266 g/mol. The van der Waals surface area contributed by atoms with E-state index in [0.717, 1.165) is 29.3 Å². The van der Waals surface area contributed by atoms with Gasteiger partial charge in [0.05, 0.1) is 5.92 Å². The highest BCUT2D eigenvalue weighted by Gasteiger charge is 2.33. The molecule has 0 unspecified atom stereocenters. The largest absolute Gasteiger partial charge is 0.452 e. The van der Waals surface area contributed by atoms with Crippen LogP contribution in [0.5, 0.6) is 0 Å². The van der Waals surface area contributed by atoms with Gasteiger partial charge in [0.25, 0.3) is 5.91 Å². The fourth-order valence-electron chi connectivity index (χ4n) is 2.21. The Morgan fingerprint density at radius 3 is 2.62 bits per heavy atom. The first kappa shape index (κ1) is 13.6. The molecule has 0 heterocycles. The number of rotatable bonds is 4. The standard InChI is InChI=1S/C17H17NO3/c1-11(21-17(20)13-9-10-13)16(19)18-15-8-4-6-12-5-2-3-7-14(12)15/h2-8,11,13H,9-10H2,1H3,(H,18,19)/t11-/m0/s1. The van der Waals surface area contributed by atoms with E-state index < -0.39 is 6.10 Å². The smallest absolute Gasteiger partial charge is 0.309 e. The van der Waals surface area contributed by atoms with Crippen LogP contribution < -0.4 is 5.32 Å². The van der Waals surface area contributed by atoms with Crippen molar-refractivity contribution in [3.05, 3.63) is 42.5 Å². The quantitative estimate of drug-likeness (QED) is 0.877. The van der Waals surface area contributed by atoms with Crippen LogP contribution in [0.25, 0.3) is 10.8 Å². The Morgan fingerprint density at radius 1 is 1.14 bits per heavy atom. The summed E-state index contributed by atoms with van der Waals surface area (Å²) in [4.78, 5) is 23.7. The highest BCUT2D eigenvalue weighted by atomic mass is 16.5. The van der Waals surface area contributed by atoms with Crippen molar-refractivity contribution >= 4 is 28.3 Å². The summed E-state index contributed by atoms with van der Waals surface area (Å²) in [5, 5.41) is 4.85. The zero-order chi connectivity index (χ0) is 14.8. The molecule has 21 heavy (non-hydrogen) atoms. The van der Waals surface area contributed by atoms with Gasteiger partial charge in [0.2, 0.25) is 0 Å². The van der Waals surface area contributed by atoms with Gasteiger partial charge in [0.1, 0.15) is 0 Å². The van der Waals surface area contributed by atoms with Crippen molar-refractivity contribution in [1.29, 1.82) is 0 Å². The number of hydrogen-bond donors (Lipinski definition) is 1. The molecule has 0 bridgehead atoms. The minimum Gasteiger partial charge on any atom is -0.452 e. The number of benzene rings is 2. The summed E-state index contributed by atoms with van der Waals surface area (Å²) < 4.78 is 5.17. The zero-order valence-corrected chi connectivity index (χ0v) is 11.8. The van der Waals surface area contributed by atoms with Crippen molar-refractivity contribution in [3.63, 3.8) is 0 Å². The van der Waals surface area contributed by atoms with Gasteiger partial charge >= 0.3 is 5.97 Å². The molecule has 4 nitrogen and oxygen atoms in total. The van der Waals surface area contributed by atoms with Gasteiger partial charge in [-0.25, -0.2) is 0 Å². The van der Waals surface area contributed by atoms with E-state index in [4.69, 9.17) is 4.74 Å². The van der Waals surface area contributed by atoms with Crippen LogP contribution in [-0.4, -0.2) is 18.0 Å². The van der Waals surface area contributed by atoms with Crippen LogP contribution in [0.2, 0.25) is 0 Å². The number of hydrogen-bond acceptors (Lipinski definition) is 3. The Bertz CT molecular complexity index is 686. The first-order valence-corrected chi connectivity index (χ1v) is 7.14. The Kier molecular flexibility index (Phi) is 3.60. The van der Waals surface area contributed by atoms with Gasteiger partial charge in [-0.2, -0.15) is 0 Å². The van der Waals surface area contributed by atoms with Gasteiger partial charge in [-0.3, -0.25) is 9.59 Å². The Balaban J connectivity index is 1.72. The predicted molar refractivity (Wildman–Crippen MR) is 80.9 cm³/mol. The third-order valence-electron chi connectivity index (χ3n) is 3.62. The van der Waals surface area contributed by atoms with Crippen LogP contribution in [-0.2, 0) is 14.3 Å². The van der Waals surface area contributed by atoms with Gasteiger partial charge < -0.3 is 10.1 Å². The average Bonchev–Trinajstić information content (AvgIpc) is 3.32. The van der Waals surface area contributed by atoms with E-state index in [-0.39, 0.29) is 17.8 Å². The Morgan fingerprint density at radius 2 is 1.86 bits per heavy atom. The molecule has 0 aliphatic heterocycles. The summed E-state index contributed by atoms with van der Waals surface area (Å²) in [7, 11) is 0. The molecule has 1 N–H and O–H groups in total. The minimum atomic E-state index is -0.780. The lowest BCUT2D eigenvalue weighted by molar-refractivity contribution is -0.154. The monoisotopic (exact) mass is 283 g/mol. The second-order valence-electron chi connectivity index (χ2n) is 5.37. The molecule has 0 aromatic heterocycles. The van der Waals surface area contributed by atoms with Crippen molar-refractivity contribution in [1.82, 2.24) is 0 Å². The number of carbonyl (C=O) groups excluding carboxylic acids is 2. The second-order valence-corrected chi connectivity index (χ2v) is 5.37. The maximum Gasteiger partial charge on any atom is 0.309 e. The van der Waals surface area contributed by atoms with Gasteiger partial charge in [0, 0.05) is 11.1 Å². The average molecular weight is 283 g/mol. The normalized spacial score (nSPS) is 15.5. The van der Waals surface area contributed by atoms with Crippen molar-refractivity contribution in [3.8, 4) is 0 Å². The second kappa shape index (κ2) is 5.56. The van der Waals surface area contributed by atoms with Gasteiger partial charge in [-0.15, -0.1) is 0 Å². The first-order valence-electron chi connectivity index (χ1n) is 7.14. The SMILES string of the molecule is C[C@H](OC(=O)C1CC1)C(=O)Nc1cccc2ccccc12. The van der Waals surface area contributed by atoms with E-state index in [1.807, 2.05) is 42.5 Å². The number of ether oxygens (including phenoxy) is 1. The summed E-state index contributed by atoms with van der Waals surface area (Å²) >= 11 is 0. The molecule has 2 aromatic rings. The van der Waals surface area contributed by atoms with Crippen LogP contribution in [0, 0.1) is 5.92 Å². The number of carbonyl (C=O) groups is 2. The van der Waals surface area contributed by atoms with Crippen LogP contribution in [0.4, 0.5) is 5.69 Å². The fraction of sp³-hybridized carbons (Fsp3) is 0.294. The zero-order valence-electron chi connectivity index (χ0n) is 11.8. The number of amides is 1. The molecule has 0 radical (unpaired) electrons. The molecule has 3 rings (SSSR count). The third kappa shape index (κ3) is 3.05. The van der Waals surface area contributed by atoms with Crippen molar-refractivity contribution < 1.29 is 14.3 Å². The third-order valence-corrected chi connectivity index (χ3v) is 3.62. The van der Waals surface area contributed by atoms with E-state index in [0.29, 0.717) is 0 Å². The summed E-state index contributed by atoms with van der Waals surface area (Å²) in [5.41, 5.74) is 0.729. The van der Waals surface area contributed by atoms with E-state index in [1.165, 1.54) is 0 Å². The van der Waals surface area contributed by atoms with Gasteiger partial charge in [-0.05, 0) is 31.2 Å². The maximum absolute atomic E-state index is 12.1. The van der Waals surface area contributed by atoms with Crippen molar-refractivity contribution in [2.75, 3.05) is 5.32 Å². The Labute approximate surface area is 123 Å². The maximum atomic E-state index is 12.1. The summed E-state index contributed by atoms with van der Waals surface area (Å²) in [6.45, 7) is 1.60. The number of anilines is 1. The molecular formula is C17H17NO3. The number of fused-ring (bicyclic) bond motifs is 1.